The number of benzene rings is 1. The Kier molecular flexibility index (Phi) is 2.82. The molecule has 3 N–H and O–H groups in total. The largest absolute Gasteiger partial charge is 0.399 e. The number of nitrogens with one attached hydrogen (secondary N) is 1. The first-order valence-electron chi connectivity index (χ1n) is 5.81. The Bertz CT molecular complexity index is 507. The minimum Gasteiger partial charge on any atom is -0.399 e. The van der Waals surface area contributed by atoms with E-state index in [1.807, 2.05) is 11.6 Å². The van der Waals surface area contributed by atoms with E-state index in [0.717, 1.165) is 30.8 Å². The third kappa shape index (κ3) is 2.18. The number of anilines is 1. The molecule has 1 aromatic carbocycles. The van der Waals surface area contributed by atoms with Crippen molar-refractivity contribution in [1.29, 1.82) is 0 Å². The lowest BCUT2D eigenvalue weighted by molar-refractivity contribution is 0.526. The van der Waals surface area contributed by atoms with E-state index in [4.69, 9.17) is 5.73 Å². The molecule has 1 aromatic heterocycles. The molecule has 0 aliphatic heterocycles. The minimum absolute atomic E-state index is 0.451. The number of hydrogen-bond acceptors (Lipinski definition) is 4. The van der Waals surface area contributed by atoms with Gasteiger partial charge in [-0.3, -0.25) is 0 Å². The molecule has 0 bridgehead atoms. The van der Waals surface area contributed by atoms with Crippen molar-refractivity contribution in [1.82, 2.24) is 10.3 Å². The van der Waals surface area contributed by atoms with Crippen molar-refractivity contribution >= 4 is 17.0 Å². The van der Waals surface area contributed by atoms with Crippen LogP contribution in [0.15, 0.2) is 29.1 Å². The van der Waals surface area contributed by atoms with Crippen LogP contribution in [-0.2, 0) is 13.0 Å². The van der Waals surface area contributed by atoms with Gasteiger partial charge in [0.1, 0.15) is 0 Å². The minimum atomic E-state index is 0.451. The molecule has 2 aromatic rings. The van der Waals surface area contributed by atoms with Gasteiger partial charge in [-0.15, -0.1) is 11.3 Å². The van der Waals surface area contributed by atoms with E-state index in [9.17, 15) is 0 Å². The maximum absolute atomic E-state index is 5.80. The van der Waals surface area contributed by atoms with E-state index in [1.165, 1.54) is 11.1 Å². The van der Waals surface area contributed by atoms with Crippen LogP contribution in [0.5, 0.6) is 0 Å². The molecule has 1 unspecified atom stereocenters. The highest BCUT2D eigenvalue weighted by Gasteiger charge is 2.21. The molecule has 1 atom stereocenters. The molecule has 17 heavy (non-hydrogen) atoms. The fraction of sp³-hybridized carbons (Fsp3) is 0.308. The van der Waals surface area contributed by atoms with Crippen LogP contribution < -0.4 is 11.1 Å². The Morgan fingerprint density at radius 1 is 1.47 bits per heavy atom. The number of fused-ring (bicyclic) bond motifs is 1. The Morgan fingerprint density at radius 2 is 2.41 bits per heavy atom. The van der Waals surface area contributed by atoms with Crippen LogP contribution >= 0.6 is 11.3 Å². The third-order valence-corrected chi connectivity index (χ3v) is 3.89. The predicted molar refractivity (Wildman–Crippen MR) is 70.9 cm³/mol. The van der Waals surface area contributed by atoms with Crippen LogP contribution in [0.4, 0.5) is 5.69 Å². The normalized spacial score (nSPS) is 18.2. The van der Waals surface area contributed by atoms with Gasteiger partial charge in [-0.1, -0.05) is 6.07 Å². The molecule has 4 heteroatoms. The Labute approximate surface area is 105 Å². The van der Waals surface area contributed by atoms with Gasteiger partial charge in [0.25, 0.3) is 0 Å². The van der Waals surface area contributed by atoms with Crippen molar-refractivity contribution in [3.05, 3.63) is 45.9 Å². The van der Waals surface area contributed by atoms with E-state index in [2.05, 4.69) is 27.8 Å². The second-order valence-electron chi connectivity index (χ2n) is 4.41. The summed E-state index contributed by atoms with van der Waals surface area (Å²) in [7, 11) is 0. The SMILES string of the molecule is Nc1ccc2c(c1)CCC2NCc1cscn1. The summed E-state index contributed by atoms with van der Waals surface area (Å²) in [5, 5.41) is 5.65. The first-order chi connectivity index (χ1) is 8.33. The van der Waals surface area contributed by atoms with Crippen molar-refractivity contribution in [2.75, 3.05) is 5.73 Å². The van der Waals surface area contributed by atoms with Crippen LogP contribution in [0.1, 0.15) is 29.3 Å². The Hall–Kier alpha value is -1.39. The summed E-state index contributed by atoms with van der Waals surface area (Å²) >= 11 is 1.64. The van der Waals surface area contributed by atoms with Gasteiger partial charge in [0.15, 0.2) is 0 Å². The molecular weight excluding hydrogens is 230 g/mol. The summed E-state index contributed by atoms with van der Waals surface area (Å²) in [6, 6.07) is 6.69. The lowest BCUT2D eigenvalue weighted by Gasteiger charge is -2.13. The molecule has 3 nitrogen and oxygen atoms in total. The zero-order valence-corrected chi connectivity index (χ0v) is 10.3. The highest BCUT2D eigenvalue weighted by molar-refractivity contribution is 7.07. The number of nitrogen functional groups attached to an aromatic ring is 1. The zero-order valence-electron chi connectivity index (χ0n) is 9.52. The number of nitrogens with two attached hydrogens (primary N) is 1. The zero-order chi connectivity index (χ0) is 11.7. The van der Waals surface area contributed by atoms with Gasteiger partial charge < -0.3 is 11.1 Å². The van der Waals surface area contributed by atoms with Crippen molar-refractivity contribution in [3.63, 3.8) is 0 Å². The molecule has 0 radical (unpaired) electrons. The van der Waals surface area contributed by atoms with E-state index < -0.39 is 0 Å². The summed E-state index contributed by atoms with van der Waals surface area (Å²) < 4.78 is 0. The second-order valence-corrected chi connectivity index (χ2v) is 5.13. The van der Waals surface area contributed by atoms with E-state index in [-0.39, 0.29) is 0 Å². The monoisotopic (exact) mass is 245 g/mol. The maximum Gasteiger partial charge on any atom is 0.0795 e. The second kappa shape index (κ2) is 4.47. The summed E-state index contributed by atoms with van der Waals surface area (Å²) in [6.07, 6.45) is 2.28. The molecule has 1 aliphatic rings. The van der Waals surface area contributed by atoms with Gasteiger partial charge in [-0.2, -0.15) is 0 Å². The van der Waals surface area contributed by atoms with Gasteiger partial charge in [0.05, 0.1) is 11.2 Å². The first-order valence-corrected chi connectivity index (χ1v) is 6.76. The van der Waals surface area contributed by atoms with Crippen LogP contribution in [0, 0.1) is 0 Å². The fourth-order valence-corrected chi connectivity index (χ4v) is 2.96. The number of hydrogen-bond donors (Lipinski definition) is 2. The quantitative estimate of drug-likeness (QED) is 0.817. The lowest BCUT2D eigenvalue weighted by atomic mass is 10.1. The topological polar surface area (TPSA) is 50.9 Å². The maximum atomic E-state index is 5.80. The summed E-state index contributed by atoms with van der Waals surface area (Å²) in [4.78, 5) is 4.28. The number of rotatable bonds is 3. The molecule has 3 rings (SSSR count). The highest BCUT2D eigenvalue weighted by Crippen LogP contribution is 2.32. The molecule has 0 spiro atoms. The molecule has 0 saturated carbocycles. The van der Waals surface area contributed by atoms with Crippen molar-refractivity contribution in [2.45, 2.75) is 25.4 Å². The molecule has 0 fully saturated rings. The van der Waals surface area contributed by atoms with E-state index in [0.29, 0.717) is 6.04 Å². The van der Waals surface area contributed by atoms with Gasteiger partial charge >= 0.3 is 0 Å². The van der Waals surface area contributed by atoms with Crippen LogP contribution in [0.3, 0.4) is 0 Å². The van der Waals surface area contributed by atoms with Crippen molar-refractivity contribution < 1.29 is 0 Å². The summed E-state index contributed by atoms with van der Waals surface area (Å²) in [5.41, 5.74) is 12.4. The highest BCUT2D eigenvalue weighted by atomic mass is 32.1. The lowest BCUT2D eigenvalue weighted by Crippen LogP contribution is -2.18. The summed E-state index contributed by atoms with van der Waals surface area (Å²) in [6.45, 7) is 0.845. The standard InChI is InChI=1S/C13H15N3S/c14-10-2-3-12-9(5-10)1-4-13(12)15-6-11-7-17-8-16-11/h2-3,5,7-8,13,15H,1,4,6,14H2. The predicted octanol–water partition coefficient (Wildman–Crippen LogP) is 2.50. The molecule has 0 saturated heterocycles. The molecule has 88 valence electrons. The molecule has 1 aliphatic carbocycles. The van der Waals surface area contributed by atoms with Gasteiger partial charge in [0.2, 0.25) is 0 Å². The molecular formula is C13H15N3S. The van der Waals surface area contributed by atoms with Gasteiger partial charge in [-0.05, 0) is 36.1 Å². The van der Waals surface area contributed by atoms with E-state index in [1.54, 1.807) is 11.3 Å². The first kappa shape index (κ1) is 10.7. The summed E-state index contributed by atoms with van der Waals surface area (Å²) in [5.74, 6) is 0. The number of thiazole rings is 1. The number of aryl methyl sites for hydroxylation is 1. The smallest absolute Gasteiger partial charge is 0.0795 e. The Morgan fingerprint density at radius 3 is 3.24 bits per heavy atom. The van der Waals surface area contributed by atoms with Gasteiger partial charge in [-0.25, -0.2) is 4.98 Å². The number of nitrogens with zero attached hydrogens (tertiary/aromatic N) is 1. The van der Waals surface area contributed by atoms with Crippen molar-refractivity contribution in [2.24, 2.45) is 0 Å². The van der Waals surface area contributed by atoms with Crippen LogP contribution in [0.25, 0.3) is 0 Å². The van der Waals surface area contributed by atoms with Gasteiger partial charge in [0, 0.05) is 23.7 Å². The van der Waals surface area contributed by atoms with Crippen LogP contribution in [-0.4, -0.2) is 4.98 Å². The van der Waals surface area contributed by atoms with Crippen molar-refractivity contribution in [3.8, 4) is 0 Å². The third-order valence-electron chi connectivity index (χ3n) is 3.26. The fourth-order valence-electron chi connectivity index (χ4n) is 2.40. The Balaban J connectivity index is 1.71. The average molecular weight is 245 g/mol. The van der Waals surface area contributed by atoms with Crippen LogP contribution in [0.2, 0.25) is 0 Å². The molecule has 1 heterocycles. The van der Waals surface area contributed by atoms with E-state index >= 15 is 0 Å². The molecule has 0 amide bonds. The number of aromatic nitrogens is 1. The average Bonchev–Trinajstić information content (AvgIpc) is 2.94.